The van der Waals surface area contributed by atoms with Crippen LogP contribution in [0.3, 0.4) is 0 Å². The molecule has 0 spiro atoms. The van der Waals surface area contributed by atoms with Crippen LogP contribution < -0.4 is 0 Å². The summed E-state index contributed by atoms with van der Waals surface area (Å²) in [5.41, 5.74) is 2.38. The van der Waals surface area contributed by atoms with E-state index in [2.05, 4.69) is 41.2 Å². The second kappa shape index (κ2) is 7.94. The van der Waals surface area contributed by atoms with Gasteiger partial charge >= 0.3 is 5.97 Å². The predicted octanol–water partition coefficient (Wildman–Crippen LogP) is 7.39. The van der Waals surface area contributed by atoms with Crippen LogP contribution in [0.15, 0.2) is 12.2 Å². The molecule has 34 heavy (non-hydrogen) atoms. The molecule has 0 aliphatic heterocycles. The van der Waals surface area contributed by atoms with Crippen molar-refractivity contribution in [1.29, 1.82) is 0 Å². The molecule has 0 radical (unpaired) electrons. The molecule has 3 heteroatoms. The Hall–Kier alpha value is -1.12. The second-order valence-electron chi connectivity index (χ2n) is 14.1. The van der Waals surface area contributed by atoms with Crippen LogP contribution in [0.1, 0.15) is 106 Å². The number of fused-ring (bicyclic) bond motifs is 7. The van der Waals surface area contributed by atoms with E-state index in [1.165, 1.54) is 56.9 Å². The molecular weight excluding hydrogens is 420 g/mol. The molecule has 0 amide bonds. The van der Waals surface area contributed by atoms with Gasteiger partial charge in [-0.05, 0) is 111 Å². The van der Waals surface area contributed by atoms with E-state index >= 15 is 0 Å². The van der Waals surface area contributed by atoms with Gasteiger partial charge in [0.05, 0.1) is 6.61 Å². The molecule has 190 valence electrons. The minimum absolute atomic E-state index is 0.134. The third-order valence-corrected chi connectivity index (χ3v) is 13.2. The van der Waals surface area contributed by atoms with Crippen molar-refractivity contribution in [2.45, 2.75) is 106 Å². The van der Waals surface area contributed by atoms with Gasteiger partial charge < -0.3 is 4.74 Å². The number of allylic oxidation sites excluding steroid dienone is 1. The average molecular weight is 469 g/mol. The topological polar surface area (TPSA) is 43.4 Å². The molecule has 0 N–H and O–H groups in total. The van der Waals surface area contributed by atoms with E-state index in [9.17, 15) is 9.59 Å². The number of rotatable bonds is 3. The smallest absolute Gasteiger partial charge is 0.302 e. The van der Waals surface area contributed by atoms with Crippen LogP contribution >= 0.6 is 0 Å². The Balaban J connectivity index is 1.52. The summed E-state index contributed by atoms with van der Waals surface area (Å²) in [5, 5.41) is 0. The van der Waals surface area contributed by atoms with Gasteiger partial charge in [0.15, 0.2) is 0 Å². The first kappa shape index (κ1) is 24.6. The van der Waals surface area contributed by atoms with Gasteiger partial charge in [-0.25, -0.2) is 0 Å². The summed E-state index contributed by atoms with van der Waals surface area (Å²) < 4.78 is 5.77. The number of carbonyl (C=O) groups excluding carboxylic acids is 2. The molecule has 5 saturated carbocycles. The van der Waals surface area contributed by atoms with Crippen LogP contribution in [0.4, 0.5) is 0 Å². The molecule has 5 aliphatic carbocycles. The van der Waals surface area contributed by atoms with Crippen molar-refractivity contribution in [2.75, 3.05) is 6.61 Å². The Morgan fingerprint density at radius 2 is 1.68 bits per heavy atom. The zero-order valence-corrected chi connectivity index (χ0v) is 22.7. The molecule has 5 aliphatic rings. The van der Waals surface area contributed by atoms with E-state index in [1.807, 2.05) is 0 Å². The number of hydrogen-bond donors (Lipinski definition) is 0. The zero-order chi connectivity index (χ0) is 24.7. The molecule has 0 heterocycles. The summed E-state index contributed by atoms with van der Waals surface area (Å²) in [6, 6.07) is 0. The average Bonchev–Trinajstić information content (AvgIpc) is 3.16. The van der Waals surface area contributed by atoms with Crippen molar-refractivity contribution < 1.29 is 14.3 Å². The van der Waals surface area contributed by atoms with Crippen molar-refractivity contribution in [3.63, 3.8) is 0 Å². The highest BCUT2D eigenvalue weighted by Gasteiger charge is 2.70. The highest BCUT2D eigenvalue weighted by atomic mass is 16.5. The maximum absolute atomic E-state index is 12.6. The number of ketones is 1. The largest absolute Gasteiger partial charge is 0.465 e. The molecule has 4 unspecified atom stereocenters. The fourth-order valence-electron chi connectivity index (χ4n) is 11.2. The minimum atomic E-state index is -0.136. The highest BCUT2D eigenvalue weighted by Crippen LogP contribution is 2.76. The fraction of sp³-hybridized carbons (Fsp3) is 0.871. The molecule has 5 rings (SSSR count). The summed E-state index contributed by atoms with van der Waals surface area (Å²) in [6.07, 6.45) is 11.8. The van der Waals surface area contributed by atoms with Crippen molar-refractivity contribution in [3.8, 4) is 0 Å². The van der Waals surface area contributed by atoms with Crippen molar-refractivity contribution in [2.24, 2.45) is 57.2 Å². The Labute approximate surface area is 207 Å². The van der Waals surface area contributed by atoms with Gasteiger partial charge in [0.25, 0.3) is 0 Å². The van der Waals surface area contributed by atoms with E-state index in [0.717, 1.165) is 12.8 Å². The van der Waals surface area contributed by atoms with Gasteiger partial charge in [0.2, 0.25) is 0 Å². The van der Waals surface area contributed by atoms with Gasteiger partial charge in [0.1, 0.15) is 5.78 Å². The van der Waals surface area contributed by atoms with Crippen LogP contribution in [0.5, 0.6) is 0 Å². The Morgan fingerprint density at radius 1 is 0.941 bits per heavy atom. The van der Waals surface area contributed by atoms with Crippen LogP contribution in [0.25, 0.3) is 0 Å². The normalized spacial score (nSPS) is 52.1. The number of hydrogen-bond acceptors (Lipinski definition) is 3. The zero-order valence-electron chi connectivity index (χ0n) is 22.7. The standard InChI is InChI=1S/C31H48O3/c1-19(2)22-10-15-31(18-34-21(4)32)17-16-29(6)24(27(22)31)8-9-26-28(5)13-12-25(33)20(3)23(28)11-14-30(26,29)7/h20,22-24,26-27H,1,8-18H2,2-7H3/t20-,22+,23?,24?,26?,27?,28+,29-,30-,31-/m1/s1. The SMILES string of the molecule is C=C(C)[C@@H]1CC[C@]2(COC(C)=O)CC[C@]3(C)C(CCC4[C@@]5(C)CCC(=O)[C@H](C)C5CC[C@]43C)C12. The van der Waals surface area contributed by atoms with Crippen LogP contribution in [0, 0.1) is 57.2 Å². The summed E-state index contributed by atoms with van der Waals surface area (Å²) >= 11 is 0. The molecule has 0 bridgehead atoms. The number of ether oxygens (including phenoxy) is 1. The Kier molecular flexibility index (Phi) is 5.74. The molecule has 0 aromatic rings. The lowest BCUT2D eigenvalue weighted by atomic mass is 9.33. The third-order valence-electron chi connectivity index (χ3n) is 13.2. The first-order valence-corrected chi connectivity index (χ1v) is 14.2. The van der Waals surface area contributed by atoms with Gasteiger partial charge in [-0.2, -0.15) is 0 Å². The van der Waals surface area contributed by atoms with Crippen molar-refractivity contribution in [3.05, 3.63) is 12.2 Å². The minimum Gasteiger partial charge on any atom is -0.465 e. The number of Topliss-reactive ketones (excluding diaryl/α,β-unsaturated/α-hetero) is 1. The van der Waals surface area contributed by atoms with E-state index in [1.54, 1.807) is 6.92 Å². The Morgan fingerprint density at radius 3 is 2.35 bits per heavy atom. The molecule has 0 saturated heterocycles. The monoisotopic (exact) mass is 468 g/mol. The van der Waals surface area contributed by atoms with Gasteiger partial charge in [0, 0.05) is 24.7 Å². The van der Waals surface area contributed by atoms with Crippen LogP contribution in [0.2, 0.25) is 0 Å². The lowest BCUT2D eigenvalue weighted by Crippen LogP contribution is -2.65. The summed E-state index contributed by atoms with van der Waals surface area (Å²) in [5.74, 6) is 3.69. The van der Waals surface area contributed by atoms with Gasteiger partial charge in [-0.15, -0.1) is 0 Å². The third kappa shape index (κ3) is 3.13. The fourth-order valence-corrected chi connectivity index (χ4v) is 11.2. The second-order valence-corrected chi connectivity index (χ2v) is 14.1. The van der Waals surface area contributed by atoms with Gasteiger partial charge in [-0.1, -0.05) is 39.8 Å². The molecule has 3 nitrogen and oxygen atoms in total. The van der Waals surface area contributed by atoms with E-state index in [4.69, 9.17) is 4.74 Å². The molecular formula is C31H48O3. The lowest BCUT2D eigenvalue weighted by Gasteiger charge is -2.71. The van der Waals surface area contributed by atoms with Crippen molar-refractivity contribution >= 4 is 11.8 Å². The van der Waals surface area contributed by atoms with E-state index < -0.39 is 0 Å². The highest BCUT2D eigenvalue weighted by molar-refractivity contribution is 5.82. The number of esters is 1. The maximum Gasteiger partial charge on any atom is 0.302 e. The van der Waals surface area contributed by atoms with E-state index in [-0.39, 0.29) is 17.3 Å². The number of carbonyl (C=O) groups is 2. The molecule has 0 aromatic carbocycles. The maximum atomic E-state index is 12.6. The predicted molar refractivity (Wildman–Crippen MR) is 136 cm³/mol. The summed E-state index contributed by atoms with van der Waals surface area (Å²) in [6.45, 7) is 18.9. The first-order valence-electron chi connectivity index (χ1n) is 14.2. The summed E-state index contributed by atoms with van der Waals surface area (Å²) in [7, 11) is 0. The van der Waals surface area contributed by atoms with Crippen LogP contribution in [-0.4, -0.2) is 18.4 Å². The van der Waals surface area contributed by atoms with Gasteiger partial charge in [-0.3, -0.25) is 9.59 Å². The summed E-state index contributed by atoms with van der Waals surface area (Å²) in [4.78, 5) is 24.5. The van der Waals surface area contributed by atoms with E-state index in [0.29, 0.717) is 58.2 Å². The van der Waals surface area contributed by atoms with Crippen LogP contribution in [-0.2, 0) is 14.3 Å². The molecule has 0 aromatic heterocycles. The molecule has 5 fully saturated rings. The molecule has 10 atom stereocenters. The lowest BCUT2D eigenvalue weighted by molar-refractivity contribution is -0.230. The quantitative estimate of drug-likeness (QED) is 0.320. The first-order chi connectivity index (χ1) is 15.9. The van der Waals surface area contributed by atoms with Crippen molar-refractivity contribution in [1.82, 2.24) is 0 Å². The Bertz CT molecular complexity index is 891.